The van der Waals surface area contributed by atoms with Crippen LogP contribution in [0.4, 0.5) is 10.1 Å². The number of aromatic nitrogens is 1. The lowest BCUT2D eigenvalue weighted by Crippen LogP contribution is -2.10. The fraction of sp³-hybridized carbons (Fsp3) is 0.250. The Labute approximate surface area is 115 Å². The fourth-order valence-corrected chi connectivity index (χ4v) is 2.31. The predicted octanol–water partition coefficient (Wildman–Crippen LogP) is 1.86. The number of carbonyl (C=O) groups is 1. The third-order valence-electron chi connectivity index (χ3n) is 2.50. The number of nitrogens with one attached hydrogen (secondary N) is 2. The van der Waals surface area contributed by atoms with Crippen molar-refractivity contribution >= 4 is 32.6 Å². The first kappa shape index (κ1) is 14.3. The van der Waals surface area contributed by atoms with Gasteiger partial charge in [0.1, 0.15) is 11.5 Å². The lowest BCUT2D eigenvalue weighted by molar-refractivity contribution is 0.0520. The molecule has 0 spiro atoms. The molecule has 0 radical (unpaired) electrons. The van der Waals surface area contributed by atoms with Crippen molar-refractivity contribution in [2.75, 3.05) is 17.6 Å². The van der Waals surface area contributed by atoms with Gasteiger partial charge in [0.15, 0.2) is 0 Å². The molecule has 20 heavy (non-hydrogen) atoms. The van der Waals surface area contributed by atoms with E-state index >= 15 is 0 Å². The van der Waals surface area contributed by atoms with Gasteiger partial charge in [-0.3, -0.25) is 4.72 Å². The van der Waals surface area contributed by atoms with Crippen molar-refractivity contribution in [2.45, 2.75) is 6.92 Å². The summed E-state index contributed by atoms with van der Waals surface area (Å²) in [6.07, 6.45) is 0.926. The molecule has 1 aromatic heterocycles. The van der Waals surface area contributed by atoms with Gasteiger partial charge < -0.3 is 9.72 Å². The fourth-order valence-electron chi connectivity index (χ4n) is 1.75. The highest BCUT2D eigenvalue weighted by molar-refractivity contribution is 7.92. The SMILES string of the molecule is CCOC(=O)c1cc2cc(F)c(NS(C)(=O)=O)cc2[nH]1. The maximum atomic E-state index is 13.8. The van der Waals surface area contributed by atoms with E-state index in [-0.39, 0.29) is 18.0 Å². The topological polar surface area (TPSA) is 88.3 Å². The number of carbonyl (C=O) groups excluding carboxylic acids is 1. The second-order valence-electron chi connectivity index (χ2n) is 4.20. The third-order valence-corrected chi connectivity index (χ3v) is 3.09. The smallest absolute Gasteiger partial charge is 0.354 e. The zero-order valence-corrected chi connectivity index (χ0v) is 11.7. The average molecular weight is 300 g/mol. The van der Waals surface area contributed by atoms with Crippen LogP contribution in [0.15, 0.2) is 18.2 Å². The quantitative estimate of drug-likeness (QED) is 0.843. The molecule has 1 heterocycles. The van der Waals surface area contributed by atoms with E-state index in [1.165, 1.54) is 12.1 Å². The van der Waals surface area contributed by atoms with Gasteiger partial charge in [0.2, 0.25) is 10.0 Å². The molecule has 0 aliphatic rings. The molecule has 0 amide bonds. The van der Waals surface area contributed by atoms with Gasteiger partial charge in [0.05, 0.1) is 18.6 Å². The molecule has 1 aromatic carbocycles. The number of benzene rings is 1. The molecule has 8 heteroatoms. The van der Waals surface area contributed by atoms with E-state index in [2.05, 4.69) is 9.71 Å². The summed E-state index contributed by atoms with van der Waals surface area (Å²) in [6.45, 7) is 1.90. The molecular weight excluding hydrogens is 287 g/mol. The van der Waals surface area contributed by atoms with Crippen molar-refractivity contribution in [1.82, 2.24) is 4.98 Å². The Hall–Kier alpha value is -2.09. The maximum Gasteiger partial charge on any atom is 0.354 e. The summed E-state index contributed by atoms with van der Waals surface area (Å²) in [5.74, 6) is -1.28. The van der Waals surface area contributed by atoms with Crippen molar-refractivity contribution in [3.05, 3.63) is 29.7 Å². The van der Waals surface area contributed by atoms with Crippen LogP contribution in [-0.4, -0.2) is 32.2 Å². The molecule has 0 atom stereocenters. The number of hydrogen-bond donors (Lipinski definition) is 2. The van der Waals surface area contributed by atoms with Gasteiger partial charge >= 0.3 is 5.97 Å². The lowest BCUT2D eigenvalue weighted by Gasteiger charge is -2.05. The van der Waals surface area contributed by atoms with Gasteiger partial charge in [0.25, 0.3) is 0 Å². The van der Waals surface area contributed by atoms with Crippen LogP contribution in [0.5, 0.6) is 0 Å². The highest BCUT2D eigenvalue weighted by atomic mass is 32.2. The number of hydrogen-bond acceptors (Lipinski definition) is 4. The highest BCUT2D eigenvalue weighted by Gasteiger charge is 2.14. The van der Waals surface area contributed by atoms with Crippen LogP contribution in [0.1, 0.15) is 17.4 Å². The van der Waals surface area contributed by atoms with Crippen molar-refractivity contribution in [3.63, 3.8) is 0 Å². The number of anilines is 1. The van der Waals surface area contributed by atoms with Crippen LogP contribution >= 0.6 is 0 Å². The molecule has 2 aromatic rings. The van der Waals surface area contributed by atoms with Crippen LogP contribution in [0.2, 0.25) is 0 Å². The van der Waals surface area contributed by atoms with E-state index in [0.717, 1.165) is 12.3 Å². The minimum Gasteiger partial charge on any atom is -0.461 e. The number of ether oxygens (including phenoxy) is 1. The number of aromatic amines is 1. The first-order valence-corrected chi connectivity index (χ1v) is 7.66. The summed E-state index contributed by atoms with van der Waals surface area (Å²) in [5.41, 5.74) is 0.426. The van der Waals surface area contributed by atoms with Crippen molar-refractivity contribution < 1.29 is 22.3 Å². The normalized spacial score (nSPS) is 11.6. The molecule has 2 rings (SSSR count). The maximum absolute atomic E-state index is 13.8. The molecule has 108 valence electrons. The van der Waals surface area contributed by atoms with E-state index < -0.39 is 21.8 Å². The van der Waals surface area contributed by atoms with Gasteiger partial charge in [-0.2, -0.15) is 0 Å². The number of fused-ring (bicyclic) bond motifs is 1. The number of rotatable bonds is 4. The molecule has 6 nitrogen and oxygen atoms in total. The van der Waals surface area contributed by atoms with Crippen LogP contribution in [0.25, 0.3) is 10.9 Å². The second-order valence-corrected chi connectivity index (χ2v) is 5.95. The van der Waals surface area contributed by atoms with Crippen molar-refractivity contribution in [3.8, 4) is 0 Å². The molecule has 0 saturated heterocycles. The van der Waals surface area contributed by atoms with E-state index in [4.69, 9.17) is 4.74 Å². The summed E-state index contributed by atoms with van der Waals surface area (Å²) in [6, 6.07) is 3.87. The summed E-state index contributed by atoms with van der Waals surface area (Å²) < 4.78 is 42.9. The minimum atomic E-state index is -3.58. The summed E-state index contributed by atoms with van der Waals surface area (Å²) in [4.78, 5) is 14.3. The number of halogens is 1. The Morgan fingerprint density at radius 2 is 2.10 bits per heavy atom. The molecular formula is C12H13FN2O4S. The van der Waals surface area contributed by atoms with Crippen LogP contribution in [0, 0.1) is 5.82 Å². The Kier molecular flexibility index (Phi) is 3.67. The molecule has 0 unspecified atom stereocenters. The van der Waals surface area contributed by atoms with Crippen molar-refractivity contribution in [2.24, 2.45) is 0 Å². The van der Waals surface area contributed by atoms with Crippen LogP contribution in [-0.2, 0) is 14.8 Å². The Bertz CT molecular complexity index is 767. The summed E-state index contributed by atoms with van der Waals surface area (Å²) in [5, 5.41) is 0.449. The van der Waals surface area contributed by atoms with E-state index in [1.54, 1.807) is 6.92 Å². The van der Waals surface area contributed by atoms with E-state index in [1.807, 2.05) is 0 Å². The first-order chi connectivity index (χ1) is 9.30. The molecule has 0 fully saturated rings. The summed E-state index contributed by atoms with van der Waals surface area (Å²) in [7, 11) is -3.58. The lowest BCUT2D eigenvalue weighted by atomic mass is 10.2. The zero-order chi connectivity index (χ0) is 14.9. The standard InChI is InChI=1S/C12H13FN2O4S/c1-3-19-12(16)11-5-7-4-8(13)10(6-9(7)14-11)15-20(2,17)18/h4-6,14-15H,3H2,1-2H3. The Balaban J connectivity index is 2.46. The average Bonchev–Trinajstić information content (AvgIpc) is 2.71. The molecule has 0 aliphatic carbocycles. The minimum absolute atomic E-state index is 0.178. The largest absolute Gasteiger partial charge is 0.461 e. The zero-order valence-electron chi connectivity index (χ0n) is 10.9. The van der Waals surface area contributed by atoms with E-state index in [9.17, 15) is 17.6 Å². The number of H-pyrrole nitrogens is 1. The van der Waals surface area contributed by atoms with Gasteiger partial charge in [-0.25, -0.2) is 17.6 Å². The third kappa shape index (κ3) is 3.08. The van der Waals surface area contributed by atoms with E-state index in [0.29, 0.717) is 10.9 Å². The van der Waals surface area contributed by atoms with Gasteiger partial charge in [0, 0.05) is 10.9 Å². The molecule has 0 saturated carbocycles. The summed E-state index contributed by atoms with van der Waals surface area (Å²) >= 11 is 0. The first-order valence-electron chi connectivity index (χ1n) is 5.77. The molecule has 0 aliphatic heterocycles. The van der Waals surface area contributed by atoms with Gasteiger partial charge in [-0.1, -0.05) is 0 Å². The highest BCUT2D eigenvalue weighted by Crippen LogP contribution is 2.24. The number of sulfonamides is 1. The van der Waals surface area contributed by atoms with Gasteiger partial charge in [-0.05, 0) is 25.1 Å². The van der Waals surface area contributed by atoms with Gasteiger partial charge in [-0.15, -0.1) is 0 Å². The predicted molar refractivity (Wildman–Crippen MR) is 72.7 cm³/mol. The Morgan fingerprint density at radius 3 is 2.70 bits per heavy atom. The van der Waals surface area contributed by atoms with Crippen LogP contribution < -0.4 is 4.72 Å². The second kappa shape index (κ2) is 5.12. The number of esters is 1. The monoisotopic (exact) mass is 300 g/mol. The van der Waals surface area contributed by atoms with Crippen molar-refractivity contribution in [1.29, 1.82) is 0 Å². The molecule has 0 bridgehead atoms. The molecule has 2 N–H and O–H groups in total. The van der Waals surface area contributed by atoms with Crippen LogP contribution in [0.3, 0.4) is 0 Å². The Morgan fingerprint density at radius 1 is 1.40 bits per heavy atom.